The van der Waals surface area contributed by atoms with Gasteiger partial charge in [0.25, 0.3) is 0 Å². The van der Waals surface area contributed by atoms with E-state index in [0.717, 1.165) is 51.4 Å². The molecule has 0 aliphatic carbocycles. The third-order valence-corrected chi connectivity index (χ3v) is 12.6. The third kappa shape index (κ3) is 52.7. The van der Waals surface area contributed by atoms with Gasteiger partial charge < -0.3 is 14.2 Å². The molecule has 0 aliphatic rings. The molecule has 1 atom stereocenters. The number of allylic oxidation sites excluding steroid dienone is 6. The van der Waals surface area contributed by atoms with Crippen molar-refractivity contribution in [1.82, 2.24) is 0 Å². The minimum Gasteiger partial charge on any atom is -0.462 e. The lowest BCUT2D eigenvalue weighted by Gasteiger charge is -2.18. The second-order valence-corrected chi connectivity index (χ2v) is 19.2. The molecule has 0 aromatic rings. The first-order valence-electron chi connectivity index (χ1n) is 28.5. The molecule has 376 valence electrons. The van der Waals surface area contributed by atoms with E-state index < -0.39 is 6.10 Å². The van der Waals surface area contributed by atoms with Gasteiger partial charge in [-0.05, 0) is 96.3 Å². The minimum absolute atomic E-state index is 0.0824. The first kappa shape index (κ1) is 62.1. The molecule has 5 heteroatoms. The Labute approximate surface area is 400 Å². The quantitative estimate of drug-likeness (QED) is 0.0346. The van der Waals surface area contributed by atoms with Crippen LogP contribution in [0.1, 0.15) is 303 Å². The van der Waals surface area contributed by atoms with Crippen molar-refractivity contribution in [2.45, 2.75) is 309 Å². The molecule has 0 radical (unpaired) electrons. The van der Waals surface area contributed by atoms with Gasteiger partial charge in [-0.1, -0.05) is 231 Å². The zero-order chi connectivity index (χ0) is 46.3. The Hall–Kier alpha value is -1.88. The van der Waals surface area contributed by atoms with Gasteiger partial charge in [-0.3, -0.25) is 9.59 Å². The third-order valence-electron chi connectivity index (χ3n) is 12.6. The van der Waals surface area contributed by atoms with E-state index in [9.17, 15) is 9.59 Å². The van der Waals surface area contributed by atoms with Crippen LogP contribution in [0.5, 0.6) is 0 Å². The van der Waals surface area contributed by atoms with Gasteiger partial charge in [0.2, 0.25) is 0 Å². The molecule has 0 fully saturated rings. The Morgan fingerprint density at radius 3 is 0.969 bits per heavy atom. The van der Waals surface area contributed by atoms with E-state index in [2.05, 4.69) is 57.2 Å². The van der Waals surface area contributed by atoms with Gasteiger partial charge in [-0.2, -0.15) is 0 Å². The topological polar surface area (TPSA) is 61.8 Å². The number of carbonyl (C=O) groups excluding carboxylic acids is 2. The number of esters is 2. The van der Waals surface area contributed by atoms with E-state index in [1.807, 2.05) is 0 Å². The van der Waals surface area contributed by atoms with Crippen LogP contribution in [-0.4, -0.2) is 37.9 Å². The first-order valence-corrected chi connectivity index (χ1v) is 28.5. The molecule has 1 unspecified atom stereocenters. The molecule has 64 heavy (non-hydrogen) atoms. The lowest BCUT2D eigenvalue weighted by molar-refractivity contribution is -0.163. The van der Waals surface area contributed by atoms with Crippen LogP contribution in [0.15, 0.2) is 36.5 Å². The number of hydrogen-bond donors (Lipinski definition) is 0. The Morgan fingerprint density at radius 1 is 0.328 bits per heavy atom. The van der Waals surface area contributed by atoms with Crippen molar-refractivity contribution in [3.63, 3.8) is 0 Å². The second-order valence-electron chi connectivity index (χ2n) is 19.2. The highest BCUT2D eigenvalue weighted by Gasteiger charge is 2.17. The summed E-state index contributed by atoms with van der Waals surface area (Å²) in [5.41, 5.74) is 0. The zero-order valence-corrected chi connectivity index (χ0v) is 43.3. The van der Waals surface area contributed by atoms with Crippen molar-refractivity contribution in [2.24, 2.45) is 0 Å². The number of carbonyl (C=O) groups is 2. The molecular formula is C59H110O5. The van der Waals surface area contributed by atoms with Crippen LogP contribution in [0.2, 0.25) is 0 Å². The van der Waals surface area contributed by atoms with Gasteiger partial charge in [-0.15, -0.1) is 0 Å². The molecule has 0 saturated carbocycles. The van der Waals surface area contributed by atoms with E-state index in [1.165, 1.54) is 218 Å². The molecule has 0 heterocycles. The summed E-state index contributed by atoms with van der Waals surface area (Å²) in [7, 11) is 0. The molecule has 0 aromatic carbocycles. The summed E-state index contributed by atoms with van der Waals surface area (Å²) in [6.45, 7) is 7.83. The molecule has 0 amide bonds. The van der Waals surface area contributed by atoms with Gasteiger partial charge in [0, 0.05) is 19.4 Å². The van der Waals surface area contributed by atoms with Crippen LogP contribution in [0.4, 0.5) is 0 Å². The summed E-state index contributed by atoms with van der Waals surface area (Å²) in [5, 5.41) is 0. The van der Waals surface area contributed by atoms with Crippen molar-refractivity contribution in [2.75, 3.05) is 19.8 Å². The monoisotopic (exact) mass is 899 g/mol. The fraction of sp³-hybridized carbons (Fsp3) is 0.864. The van der Waals surface area contributed by atoms with Gasteiger partial charge in [0.05, 0.1) is 6.61 Å². The van der Waals surface area contributed by atoms with E-state index in [1.54, 1.807) is 0 Å². The van der Waals surface area contributed by atoms with Crippen LogP contribution in [0.3, 0.4) is 0 Å². The maximum absolute atomic E-state index is 12.8. The Kier molecular flexibility index (Phi) is 53.8. The molecule has 0 saturated heterocycles. The van der Waals surface area contributed by atoms with Gasteiger partial charge in [0.1, 0.15) is 6.61 Å². The van der Waals surface area contributed by atoms with Crippen molar-refractivity contribution in [3.05, 3.63) is 36.5 Å². The fourth-order valence-corrected chi connectivity index (χ4v) is 8.32. The Balaban J connectivity index is 4.24. The predicted octanol–water partition coefficient (Wildman–Crippen LogP) is 19.4. The van der Waals surface area contributed by atoms with Crippen molar-refractivity contribution in [3.8, 4) is 0 Å². The smallest absolute Gasteiger partial charge is 0.306 e. The highest BCUT2D eigenvalue weighted by atomic mass is 16.6. The fourth-order valence-electron chi connectivity index (χ4n) is 8.32. The SMILES string of the molecule is CCCCCC/C=C\CCCCCCCC(=O)OC(COCCCCCCCCCC/C=C\CCCCCCCC)COC(=O)CCCCCCCCC/C=C\CCCCCCCC. The van der Waals surface area contributed by atoms with E-state index >= 15 is 0 Å². The van der Waals surface area contributed by atoms with E-state index in [-0.39, 0.29) is 25.2 Å². The summed E-state index contributed by atoms with van der Waals surface area (Å²) in [6.07, 6.45) is 67.3. The highest BCUT2D eigenvalue weighted by molar-refractivity contribution is 5.70. The average molecular weight is 900 g/mol. The lowest BCUT2D eigenvalue weighted by Crippen LogP contribution is -2.30. The molecule has 5 nitrogen and oxygen atoms in total. The van der Waals surface area contributed by atoms with Gasteiger partial charge in [-0.25, -0.2) is 0 Å². The van der Waals surface area contributed by atoms with Crippen LogP contribution in [-0.2, 0) is 23.8 Å². The number of rotatable bonds is 53. The molecule has 0 N–H and O–H groups in total. The highest BCUT2D eigenvalue weighted by Crippen LogP contribution is 2.15. The Morgan fingerprint density at radius 2 is 0.609 bits per heavy atom. The summed E-state index contributed by atoms with van der Waals surface area (Å²) in [6, 6.07) is 0. The zero-order valence-electron chi connectivity index (χ0n) is 43.3. The number of ether oxygens (including phenoxy) is 3. The normalized spacial score (nSPS) is 12.4. The number of hydrogen-bond acceptors (Lipinski definition) is 5. The van der Waals surface area contributed by atoms with Crippen molar-refractivity contribution in [1.29, 1.82) is 0 Å². The van der Waals surface area contributed by atoms with Gasteiger partial charge >= 0.3 is 11.9 Å². The Bertz CT molecular complexity index is 1020. The van der Waals surface area contributed by atoms with Gasteiger partial charge in [0.15, 0.2) is 6.10 Å². The average Bonchev–Trinajstić information content (AvgIpc) is 3.30. The molecular weight excluding hydrogens is 789 g/mol. The first-order chi connectivity index (χ1) is 31.6. The predicted molar refractivity (Wildman–Crippen MR) is 279 cm³/mol. The summed E-state index contributed by atoms with van der Waals surface area (Å²) in [4.78, 5) is 25.5. The van der Waals surface area contributed by atoms with Crippen LogP contribution < -0.4 is 0 Å². The van der Waals surface area contributed by atoms with E-state index in [4.69, 9.17) is 14.2 Å². The molecule has 0 rings (SSSR count). The summed E-state index contributed by atoms with van der Waals surface area (Å²) in [5.74, 6) is -0.399. The van der Waals surface area contributed by atoms with E-state index in [0.29, 0.717) is 19.4 Å². The van der Waals surface area contributed by atoms with Crippen LogP contribution in [0.25, 0.3) is 0 Å². The molecule has 0 aromatic heterocycles. The molecule has 0 aliphatic heterocycles. The van der Waals surface area contributed by atoms with Crippen molar-refractivity contribution >= 4 is 11.9 Å². The van der Waals surface area contributed by atoms with Crippen LogP contribution >= 0.6 is 0 Å². The number of unbranched alkanes of at least 4 members (excludes halogenated alkanes) is 36. The second kappa shape index (κ2) is 55.4. The largest absolute Gasteiger partial charge is 0.462 e. The minimum atomic E-state index is -0.541. The lowest BCUT2D eigenvalue weighted by atomic mass is 10.1. The van der Waals surface area contributed by atoms with Crippen molar-refractivity contribution < 1.29 is 23.8 Å². The van der Waals surface area contributed by atoms with Crippen LogP contribution in [0, 0.1) is 0 Å². The molecule has 0 bridgehead atoms. The maximum atomic E-state index is 12.8. The summed E-state index contributed by atoms with van der Waals surface area (Å²) < 4.78 is 17.5. The standard InChI is InChI=1S/C59H110O5/c1-4-7-10-13-16-19-22-25-27-29-31-33-36-39-42-45-48-51-54-62-55-57(64-59(61)53-50-47-44-41-38-34-24-21-18-15-12-9-6-3)56-63-58(60)52-49-46-43-40-37-35-32-30-28-26-23-20-17-14-11-8-5-2/h21,24-28,57H,4-20,22-23,29-56H2,1-3H3/b24-21-,27-25-,28-26-. The maximum Gasteiger partial charge on any atom is 0.306 e. The molecule has 0 spiro atoms. The summed E-state index contributed by atoms with van der Waals surface area (Å²) >= 11 is 0.